The predicted molar refractivity (Wildman–Crippen MR) is 127 cm³/mol. The van der Waals surface area contributed by atoms with E-state index >= 15 is 0 Å². The molecule has 0 aromatic rings. The number of nitrogens with zero attached hydrogens (tertiary/aromatic N) is 1. The van der Waals surface area contributed by atoms with E-state index in [1.165, 1.54) is 5.57 Å². The Labute approximate surface area is 193 Å². The van der Waals surface area contributed by atoms with Gasteiger partial charge >= 0.3 is 7.12 Å². The van der Waals surface area contributed by atoms with Gasteiger partial charge in [-0.05, 0) is 72.6 Å². The van der Waals surface area contributed by atoms with Gasteiger partial charge in [-0.2, -0.15) is 0 Å². The number of nitrogens with one attached hydrogen (secondary N) is 1. The fourth-order valence-electron chi connectivity index (χ4n) is 4.37. The lowest BCUT2D eigenvalue weighted by Gasteiger charge is -2.32. The fraction of sp³-hybridized carbons (Fsp3) is 0.750. The van der Waals surface area contributed by atoms with Crippen LogP contribution in [-0.2, 0) is 18.9 Å². The summed E-state index contributed by atoms with van der Waals surface area (Å²) in [6.45, 7) is 9.53. The number of hydrogen-bond acceptors (Lipinski definition) is 5. The highest BCUT2D eigenvalue weighted by Gasteiger charge is 2.54. The second-order valence-corrected chi connectivity index (χ2v) is 10.3. The minimum Gasteiger partial charge on any atom is -0.402 e. The van der Waals surface area contributed by atoms with Crippen molar-refractivity contribution in [3.63, 3.8) is 0 Å². The fourth-order valence-corrected chi connectivity index (χ4v) is 4.37. The summed E-state index contributed by atoms with van der Waals surface area (Å²) in [5.74, 6) is -0.702. The van der Waals surface area contributed by atoms with Crippen molar-refractivity contribution in [2.75, 3.05) is 13.1 Å². The summed E-state index contributed by atoms with van der Waals surface area (Å²) < 4.78 is 12.5. The third-order valence-corrected chi connectivity index (χ3v) is 7.17. The van der Waals surface area contributed by atoms with Crippen molar-refractivity contribution in [2.24, 2.45) is 5.73 Å². The maximum atomic E-state index is 12.9. The number of amides is 2. The molecule has 1 aliphatic carbocycles. The Morgan fingerprint density at radius 2 is 1.81 bits per heavy atom. The zero-order valence-corrected chi connectivity index (χ0v) is 20.2. The first kappa shape index (κ1) is 25.0. The molecule has 2 heterocycles. The SMILES string of the molecule is CC1(C)OB(C(CCCC2=CCCC=C2)NC(=O)C(N)CC(=O)N2CCCC2)OC1(C)C. The molecule has 2 saturated heterocycles. The molecule has 2 aliphatic heterocycles. The molecule has 0 radical (unpaired) electrons. The molecular weight excluding hydrogens is 405 g/mol. The van der Waals surface area contributed by atoms with Crippen LogP contribution in [0.25, 0.3) is 0 Å². The van der Waals surface area contributed by atoms with Crippen molar-refractivity contribution in [3.8, 4) is 0 Å². The second kappa shape index (κ2) is 10.5. The summed E-state index contributed by atoms with van der Waals surface area (Å²) in [6, 6.07) is -0.878. The summed E-state index contributed by atoms with van der Waals surface area (Å²) in [5.41, 5.74) is 6.50. The number of nitrogens with two attached hydrogens (primary N) is 1. The molecule has 2 unspecified atom stereocenters. The Morgan fingerprint density at radius 1 is 1.16 bits per heavy atom. The molecule has 0 aromatic carbocycles. The van der Waals surface area contributed by atoms with Gasteiger partial charge in [-0.15, -0.1) is 0 Å². The largest absolute Gasteiger partial charge is 0.481 e. The molecule has 8 heteroatoms. The average Bonchev–Trinajstić information content (AvgIpc) is 3.34. The molecule has 3 rings (SSSR count). The summed E-state index contributed by atoms with van der Waals surface area (Å²) in [4.78, 5) is 27.1. The minimum atomic E-state index is -0.878. The van der Waals surface area contributed by atoms with Gasteiger partial charge in [-0.1, -0.05) is 23.8 Å². The Kier molecular flexibility index (Phi) is 8.23. The number of hydrogen-bond donors (Lipinski definition) is 2. The van der Waals surface area contributed by atoms with E-state index in [9.17, 15) is 9.59 Å². The predicted octanol–water partition coefficient (Wildman–Crippen LogP) is 2.89. The van der Waals surface area contributed by atoms with Crippen molar-refractivity contribution in [1.29, 1.82) is 0 Å². The van der Waals surface area contributed by atoms with Crippen molar-refractivity contribution >= 4 is 18.9 Å². The maximum Gasteiger partial charge on any atom is 0.481 e. The Balaban J connectivity index is 1.60. The van der Waals surface area contributed by atoms with Crippen LogP contribution in [0.3, 0.4) is 0 Å². The molecule has 2 amide bonds. The van der Waals surface area contributed by atoms with E-state index in [1.807, 2.05) is 27.7 Å². The Bertz CT molecular complexity index is 728. The van der Waals surface area contributed by atoms with Gasteiger partial charge in [-0.25, -0.2) is 0 Å². The number of rotatable bonds is 9. The van der Waals surface area contributed by atoms with Crippen LogP contribution in [0, 0.1) is 0 Å². The zero-order valence-electron chi connectivity index (χ0n) is 20.2. The van der Waals surface area contributed by atoms with E-state index in [0.29, 0.717) is 6.42 Å². The molecule has 0 aromatic heterocycles. The lowest BCUT2D eigenvalue weighted by Crippen LogP contribution is -2.53. The van der Waals surface area contributed by atoms with Crippen LogP contribution in [0.1, 0.15) is 79.1 Å². The number of allylic oxidation sites excluding steroid dienone is 4. The maximum absolute atomic E-state index is 12.9. The van der Waals surface area contributed by atoms with Gasteiger partial charge < -0.3 is 25.3 Å². The summed E-state index contributed by atoms with van der Waals surface area (Å²) >= 11 is 0. The molecular formula is C24H40BN3O4. The number of carbonyl (C=O) groups excluding carboxylic acids is 2. The Hall–Kier alpha value is -1.64. The van der Waals surface area contributed by atoms with E-state index in [2.05, 4.69) is 23.5 Å². The third-order valence-electron chi connectivity index (χ3n) is 7.17. The van der Waals surface area contributed by atoms with Gasteiger partial charge in [0.1, 0.15) is 0 Å². The quantitative estimate of drug-likeness (QED) is 0.533. The Morgan fingerprint density at radius 3 is 2.41 bits per heavy atom. The molecule has 0 bridgehead atoms. The molecule has 3 N–H and O–H groups in total. The van der Waals surface area contributed by atoms with Gasteiger partial charge in [0.05, 0.1) is 29.6 Å². The zero-order chi connectivity index (χ0) is 23.4. The van der Waals surface area contributed by atoms with E-state index < -0.39 is 24.4 Å². The van der Waals surface area contributed by atoms with Crippen LogP contribution >= 0.6 is 0 Å². The lowest BCUT2D eigenvalue weighted by molar-refractivity contribution is -0.133. The lowest BCUT2D eigenvalue weighted by atomic mass is 9.75. The highest BCUT2D eigenvalue weighted by molar-refractivity contribution is 6.48. The number of carbonyl (C=O) groups is 2. The normalized spacial score (nSPS) is 23.7. The van der Waals surface area contributed by atoms with Crippen LogP contribution in [0.2, 0.25) is 0 Å². The first-order chi connectivity index (χ1) is 15.1. The molecule has 2 atom stereocenters. The molecule has 7 nitrogen and oxygen atoms in total. The topological polar surface area (TPSA) is 93.9 Å². The molecule has 178 valence electrons. The van der Waals surface area contributed by atoms with Crippen LogP contribution in [0.15, 0.2) is 23.8 Å². The number of likely N-dealkylation sites (tertiary alicyclic amines) is 1. The first-order valence-corrected chi connectivity index (χ1v) is 12.1. The third kappa shape index (κ3) is 6.24. The summed E-state index contributed by atoms with van der Waals surface area (Å²) in [5, 5.41) is 3.05. The van der Waals surface area contributed by atoms with E-state index in [4.69, 9.17) is 15.0 Å². The highest BCUT2D eigenvalue weighted by Crippen LogP contribution is 2.38. The standard InChI is InChI=1S/C24H40BN3O4/c1-23(2)24(3,4)32-25(31-23)20(14-10-13-18-11-6-5-7-12-18)27-22(30)19(26)17-21(29)28-15-8-9-16-28/h6,11-12,19-20H,5,7-10,13-17,26H2,1-4H3,(H,27,30). The summed E-state index contributed by atoms with van der Waals surface area (Å²) in [7, 11) is -0.554. The smallest absolute Gasteiger partial charge is 0.402 e. The van der Waals surface area contributed by atoms with Crippen LogP contribution in [0.4, 0.5) is 0 Å². The van der Waals surface area contributed by atoms with Crippen molar-refractivity contribution < 1.29 is 18.9 Å². The van der Waals surface area contributed by atoms with Crippen molar-refractivity contribution in [1.82, 2.24) is 10.2 Å². The van der Waals surface area contributed by atoms with Crippen LogP contribution in [-0.4, -0.2) is 60.1 Å². The molecule has 0 saturated carbocycles. The monoisotopic (exact) mass is 445 g/mol. The van der Waals surface area contributed by atoms with E-state index in [-0.39, 0.29) is 24.2 Å². The molecule has 0 spiro atoms. The summed E-state index contributed by atoms with van der Waals surface area (Å²) in [6.07, 6.45) is 13.5. The van der Waals surface area contributed by atoms with Gasteiger partial charge in [0.15, 0.2) is 0 Å². The van der Waals surface area contributed by atoms with Gasteiger partial charge in [0.2, 0.25) is 11.8 Å². The second-order valence-electron chi connectivity index (χ2n) is 10.3. The van der Waals surface area contributed by atoms with Crippen molar-refractivity contribution in [3.05, 3.63) is 23.8 Å². The average molecular weight is 445 g/mol. The van der Waals surface area contributed by atoms with Gasteiger partial charge in [-0.3, -0.25) is 9.59 Å². The van der Waals surface area contributed by atoms with Crippen LogP contribution in [0.5, 0.6) is 0 Å². The molecule has 3 aliphatic rings. The highest BCUT2D eigenvalue weighted by atomic mass is 16.7. The minimum absolute atomic E-state index is 0.0274. The van der Waals surface area contributed by atoms with Gasteiger partial charge in [0.25, 0.3) is 0 Å². The van der Waals surface area contributed by atoms with Gasteiger partial charge in [0, 0.05) is 13.1 Å². The van der Waals surface area contributed by atoms with E-state index in [0.717, 1.165) is 51.6 Å². The molecule has 32 heavy (non-hydrogen) atoms. The molecule has 2 fully saturated rings. The van der Waals surface area contributed by atoms with Crippen molar-refractivity contribution in [2.45, 2.75) is 102 Å². The van der Waals surface area contributed by atoms with E-state index in [1.54, 1.807) is 4.90 Å². The van der Waals surface area contributed by atoms with Crippen LogP contribution < -0.4 is 11.1 Å². The first-order valence-electron chi connectivity index (χ1n) is 12.1.